The van der Waals surface area contributed by atoms with E-state index >= 15 is 0 Å². The second-order valence-corrected chi connectivity index (χ2v) is 8.54. The highest BCUT2D eigenvalue weighted by atomic mass is 32.2. The molecule has 0 spiro atoms. The third-order valence-corrected chi connectivity index (χ3v) is 6.55. The molecule has 2 aliphatic rings. The average Bonchev–Trinajstić information content (AvgIpc) is 2.95. The van der Waals surface area contributed by atoms with Gasteiger partial charge in [0.15, 0.2) is 0 Å². The van der Waals surface area contributed by atoms with Crippen LogP contribution in [0.25, 0.3) is 0 Å². The number of hydrogen-bond donors (Lipinski definition) is 2. The number of fused-ring (bicyclic) bond motifs is 1. The van der Waals surface area contributed by atoms with Crippen molar-refractivity contribution >= 4 is 33.6 Å². The van der Waals surface area contributed by atoms with Crippen LogP contribution in [-0.2, 0) is 26.3 Å². The van der Waals surface area contributed by atoms with Gasteiger partial charge in [0.25, 0.3) is 5.91 Å². The Morgan fingerprint density at radius 1 is 1.25 bits per heavy atom. The van der Waals surface area contributed by atoms with Crippen molar-refractivity contribution < 1.29 is 22.8 Å². The van der Waals surface area contributed by atoms with Gasteiger partial charge in [-0.3, -0.25) is 24.4 Å². The third kappa shape index (κ3) is 3.88. The minimum absolute atomic E-state index is 0.186. The molecule has 1 saturated heterocycles. The molecule has 0 aromatic heterocycles. The van der Waals surface area contributed by atoms with E-state index in [-0.39, 0.29) is 31.2 Å². The highest BCUT2D eigenvalue weighted by molar-refractivity contribution is 7.90. The topological polar surface area (TPSA) is 116 Å². The van der Waals surface area contributed by atoms with E-state index in [2.05, 4.69) is 10.0 Å². The SMILES string of the molecule is CCCN(CC)S(=O)(=O)Nc1ccc2c(c1)C(=O)N(C1CCC(=O)NC1=O)C2. The van der Waals surface area contributed by atoms with Crippen LogP contribution in [-0.4, -0.2) is 54.5 Å². The molecule has 3 amide bonds. The highest BCUT2D eigenvalue weighted by Crippen LogP contribution is 2.29. The van der Waals surface area contributed by atoms with Gasteiger partial charge in [-0.1, -0.05) is 19.9 Å². The second kappa shape index (κ2) is 7.88. The lowest BCUT2D eigenvalue weighted by atomic mass is 10.0. The Bertz CT molecular complexity index is 915. The molecule has 9 nitrogen and oxygen atoms in total. The molecule has 0 radical (unpaired) electrons. The van der Waals surface area contributed by atoms with Crippen molar-refractivity contribution in [2.24, 2.45) is 0 Å². The molecule has 152 valence electrons. The molecule has 28 heavy (non-hydrogen) atoms. The van der Waals surface area contributed by atoms with E-state index in [4.69, 9.17) is 0 Å². The van der Waals surface area contributed by atoms with Gasteiger partial charge in [0.1, 0.15) is 6.04 Å². The number of benzene rings is 1. The molecule has 1 atom stereocenters. The summed E-state index contributed by atoms with van der Waals surface area (Å²) in [5.74, 6) is -1.16. The van der Waals surface area contributed by atoms with Gasteiger partial charge < -0.3 is 4.90 Å². The monoisotopic (exact) mass is 408 g/mol. The Balaban J connectivity index is 1.79. The third-order valence-electron chi connectivity index (χ3n) is 4.94. The Hall–Kier alpha value is -2.46. The van der Waals surface area contributed by atoms with Crippen molar-refractivity contribution in [2.75, 3.05) is 17.8 Å². The largest absolute Gasteiger partial charge is 0.322 e. The van der Waals surface area contributed by atoms with Crippen LogP contribution in [0.3, 0.4) is 0 Å². The molecule has 2 heterocycles. The first-order valence-corrected chi connectivity index (χ1v) is 10.8. The van der Waals surface area contributed by atoms with Crippen LogP contribution >= 0.6 is 0 Å². The fraction of sp³-hybridized carbons (Fsp3) is 0.500. The van der Waals surface area contributed by atoms with Crippen LogP contribution in [0, 0.1) is 0 Å². The number of hydrogen-bond acceptors (Lipinski definition) is 5. The van der Waals surface area contributed by atoms with Gasteiger partial charge in [0.2, 0.25) is 11.8 Å². The first-order valence-electron chi connectivity index (χ1n) is 9.32. The Morgan fingerprint density at radius 3 is 2.64 bits per heavy atom. The highest BCUT2D eigenvalue weighted by Gasteiger charge is 2.39. The molecule has 1 aromatic rings. The first-order chi connectivity index (χ1) is 13.3. The number of piperidine rings is 1. The van der Waals surface area contributed by atoms with E-state index in [1.165, 1.54) is 15.3 Å². The van der Waals surface area contributed by atoms with Crippen LogP contribution in [0.4, 0.5) is 5.69 Å². The van der Waals surface area contributed by atoms with Crippen LogP contribution < -0.4 is 10.0 Å². The fourth-order valence-corrected chi connectivity index (χ4v) is 4.85. The first kappa shape index (κ1) is 20.3. The average molecular weight is 408 g/mol. The summed E-state index contributed by atoms with van der Waals surface area (Å²) in [6.45, 7) is 4.66. The molecule has 1 fully saturated rings. The number of rotatable bonds is 7. The summed E-state index contributed by atoms with van der Waals surface area (Å²) in [5.41, 5.74) is 1.38. The maximum Gasteiger partial charge on any atom is 0.301 e. The second-order valence-electron chi connectivity index (χ2n) is 6.87. The fourth-order valence-electron chi connectivity index (χ4n) is 3.53. The lowest BCUT2D eigenvalue weighted by molar-refractivity contribution is -0.136. The molecule has 1 unspecified atom stereocenters. The summed E-state index contributed by atoms with van der Waals surface area (Å²) >= 11 is 0. The smallest absolute Gasteiger partial charge is 0.301 e. The van der Waals surface area contributed by atoms with E-state index in [1.807, 2.05) is 6.92 Å². The van der Waals surface area contributed by atoms with Gasteiger partial charge in [-0.05, 0) is 30.5 Å². The number of anilines is 1. The molecular weight excluding hydrogens is 384 g/mol. The molecule has 2 N–H and O–H groups in total. The summed E-state index contributed by atoms with van der Waals surface area (Å²) in [7, 11) is -3.71. The summed E-state index contributed by atoms with van der Waals surface area (Å²) in [6.07, 6.45) is 1.16. The molecule has 10 heteroatoms. The number of amides is 3. The maximum atomic E-state index is 12.8. The predicted molar refractivity (Wildman–Crippen MR) is 103 cm³/mol. The van der Waals surface area contributed by atoms with Gasteiger partial charge in [0, 0.05) is 31.6 Å². The van der Waals surface area contributed by atoms with E-state index in [1.54, 1.807) is 19.1 Å². The van der Waals surface area contributed by atoms with Crippen LogP contribution in [0.5, 0.6) is 0 Å². The summed E-state index contributed by atoms with van der Waals surface area (Å²) in [6, 6.07) is 4.10. The van der Waals surface area contributed by atoms with Crippen molar-refractivity contribution in [3.8, 4) is 0 Å². The summed E-state index contributed by atoms with van der Waals surface area (Å²) in [4.78, 5) is 37.7. The molecule has 3 rings (SSSR count). The van der Waals surface area contributed by atoms with Crippen molar-refractivity contribution in [1.29, 1.82) is 0 Å². The normalized spacial score (nSPS) is 19.8. The summed E-state index contributed by atoms with van der Waals surface area (Å²) in [5, 5.41) is 2.26. The number of nitrogens with zero attached hydrogens (tertiary/aromatic N) is 2. The number of carbonyl (C=O) groups is 3. The van der Waals surface area contributed by atoms with Crippen molar-refractivity contribution in [1.82, 2.24) is 14.5 Å². The van der Waals surface area contributed by atoms with Crippen molar-refractivity contribution in [3.63, 3.8) is 0 Å². The minimum atomic E-state index is -3.71. The molecular formula is C18H24N4O5S. The molecule has 0 saturated carbocycles. The van der Waals surface area contributed by atoms with Gasteiger partial charge in [0.05, 0.1) is 5.69 Å². The van der Waals surface area contributed by atoms with Gasteiger partial charge in [-0.25, -0.2) is 0 Å². The zero-order chi connectivity index (χ0) is 20.5. The van der Waals surface area contributed by atoms with Crippen molar-refractivity contribution in [2.45, 2.75) is 45.7 Å². The predicted octanol–water partition coefficient (Wildman–Crippen LogP) is 0.836. The zero-order valence-corrected chi connectivity index (χ0v) is 16.7. The lowest BCUT2D eigenvalue weighted by Gasteiger charge is -2.29. The minimum Gasteiger partial charge on any atom is -0.322 e. The van der Waals surface area contributed by atoms with Gasteiger partial charge >= 0.3 is 10.2 Å². The summed E-state index contributed by atoms with van der Waals surface area (Å²) < 4.78 is 28.9. The van der Waals surface area contributed by atoms with Crippen LogP contribution in [0.1, 0.15) is 49.0 Å². The van der Waals surface area contributed by atoms with Gasteiger partial charge in [-0.15, -0.1) is 0 Å². The molecule has 0 aliphatic carbocycles. The van der Waals surface area contributed by atoms with Crippen LogP contribution in [0.2, 0.25) is 0 Å². The van der Waals surface area contributed by atoms with Crippen molar-refractivity contribution in [3.05, 3.63) is 29.3 Å². The standard InChI is InChI=1S/C18H24N4O5S/c1-3-9-21(4-2)28(26,27)20-13-6-5-12-11-22(18(25)14(12)10-13)15-7-8-16(23)19-17(15)24/h5-6,10,15,20H,3-4,7-9,11H2,1-2H3,(H,19,23,24). The molecule has 2 aliphatic heterocycles. The number of carbonyl (C=O) groups excluding carboxylic acids is 3. The van der Waals surface area contributed by atoms with E-state index < -0.39 is 22.2 Å². The Morgan fingerprint density at radius 2 is 2.00 bits per heavy atom. The lowest BCUT2D eigenvalue weighted by Crippen LogP contribution is -2.52. The zero-order valence-electron chi connectivity index (χ0n) is 15.9. The van der Waals surface area contributed by atoms with E-state index in [0.717, 1.165) is 5.56 Å². The van der Waals surface area contributed by atoms with Crippen LogP contribution in [0.15, 0.2) is 18.2 Å². The maximum absolute atomic E-state index is 12.8. The van der Waals surface area contributed by atoms with E-state index in [0.29, 0.717) is 30.8 Å². The quantitative estimate of drug-likeness (QED) is 0.649. The van der Waals surface area contributed by atoms with E-state index in [9.17, 15) is 22.8 Å². The molecule has 0 bridgehead atoms. The Kier molecular flexibility index (Phi) is 5.71. The Labute approximate surface area is 164 Å². The number of imide groups is 1. The molecule has 1 aromatic carbocycles. The number of nitrogens with one attached hydrogen (secondary N) is 2. The van der Waals surface area contributed by atoms with Gasteiger partial charge in [-0.2, -0.15) is 12.7 Å².